The first kappa shape index (κ1) is 13.1. The summed E-state index contributed by atoms with van der Waals surface area (Å²) in [6.45, 7) is 11.1. The van der Waals surface area contributed by atoms with E-state index in [1.807, 2.05) is 20.8 Å². The highest BCUT2D eigenvalue weighted by molar-refractivity contribution is 4.80. The number of hydrogen-bond acceptors (Lipinski definition) is 5. The summed E-state index contributed by atoms with van der Waals surface area (Å²) in [5, 5.41) is 11.1. The van der Waals surface area contributed by atoms with Gasteiger partial charge in [-0.15, -0.1) is 10.2 Å². The van der Waals surface area contributed by atoms with Crippen molar-refractivity contribution >= 4 is 0 Å². The highest BCUT2D eigenvalue weighted by Crippen LogP contribution is 2.10. The molecule has 1 N–H and O–H groups in total. The molecule has 0 spiro atoms. The molecule has 0 amide bonds. The van der Waals surface area contributed by atoms with Crippen LogP contribution in [0.3, 0.4) is 0 Å². The Kier molecular flexibility index (Phi) is 4.44. The van der Waals surface area contributed by atoms with E-state index in [-0.39, 0.29) is 5.60 Å². The van der Waals surface area contributed by atoms with Gasteiger partial charge < -0.3 is 14.5 Å². The summed E-state index contributed by atoms with van der Waals surface area (Å²) in [4.78, 5) is 0. The summed E-state index contributed by atoms with van der Waals surface area (Å²) in [6, 6.07) is 0.404. The van der Waals surface area contributed by atoms with Crippen LogP contribution in [0.4, 0.5) is 0 Å². The van der Waals surface area contributed by atoms with Gasteiger partial charge >= 0.3 is 0 Å². The van der Waals surface area contributed by atoms with Crippen molar-refractivity contribution in [1.82, 2.24) is 15.5 Å². The van der Waals surface area contributed by atoms with Gasteiger partial charge in [0.05, 0.1) is 12.1 Å². The Hall–Kier alpha value is -0.940. The predicted molar refractivity (Wildman–Crippen MR) is 60.8 cm³/mol. The second-order valence-electron chi connectivity index (χ2n) is 5.03. The van der Waals surface area contributed by atoms with E-state index >= 15 is 0 Å². The van der Waals surface area contributed by atoms with Crippen LogP contribution in [0, 0.1) is 0 Å². The van der Waals surface area contributed by atoms with E-state index in [4.69, 9.17) is 9.15 Å². The first-order chi connectivity index (χ1) is 7.37. The van der Waals surface area contributed by atoms with E-state index in [0.717, 1.165) is 0 Å². The fourth-order valence-corrected chi connectivity index (χ4v) is 0.988. The molecule has 5 heteroatoms. The number of nitrogens with one attached hydrogen (secondary N) is 1. The van der Waals surface area contributed by atoms with Crippen LogP contribution < -0.4 is 5.32 Å². The van der Waals surface area contributed by atoms with E-state index in [9.17, 15) is 0 Å². The Morgan fingerprint density at radius 1 is 1.25 bits per heavy atom. The van der Waals surface area contributed by atoms with Crippen LogP contribution in [0.1, 0.15) is 46.4 Å². The van der Waals surface area contributed by atoms with Crippen molar-refractivity contribution in [3.63, 3.8) is 0 Å². The van der Waals surface area contributed by atoms with Gasteiger partial charge in [0.1, 0.15) is 6.61 Å². The Morgan fingerprint density at radius 2 is 1.88 bits per heavy atom. The van der Waals surface area contributed by atoms with Gasteiger partial charge in [-0.3, -0.25) is 0 Å². The number of ether oxygens (including phenoxy) is 1. The molecule has 0 atom stereocenters. The Labute approximate surface area is 96.6 Å². The molecule has 0 bridgehead atoms. The van der Waals surface area contributed by atoms with Crippen molar-refractivity contribution in [2.45, 2.75) is 59.4 Å². The molecule has 0 aromatic carbocycles. The summed E-state index contributed by atoms with van der Waals surface area (Å²) >= 11 is 0. The van der Waals surface area contributed by atoms with Gasteiger partial charge in [-0.2, -0.15) is 0 Å². The van der Waals surface area contributed by atoms with Gasteiger partial charge in [0.15, 0.2) is 0 Å². The zero-order chi connectivity index (χ0) is 12.2. The molecule has 0 aliphatic heterocycles. The van der Waals surface area contributed by atoms with Crippen molar-refractivity contribution in [1.29, 1.82) is 0 Å². The summed E-state index contributed by atoms with van der Waals surface area (Å²) < 4.78 is 11.0. The topological polar surface area (TPSA) is 60.2 Å². The monoisotopic (exact) mass is 227 g/mol. The molecule has 0 radical (unpaired) electrons. The largest absolute Gasteiger partial charge is 0.421 e. The maximum atomic E-state index is 5.54. The van der Waals surface area contributed by atoms with Crippen LogP contribution in [0.2, 0.25) is 0 Å². The molecule has 0 saturated carbocycles. The predicted octanol–water partition coefficient (Wildman–Crippen LogP) is 1.88. The summed E-state index contributed by atoms with van der Waals surface area (Å²) in [5.41, 5.74) is -0.190. The average Bonchev–Trinajstić information content (AvgIpc) is 2.58. The maximum Gasteiger partial charge on any atom is 0.242 e. The molecule has 1 heterocycles. The van der Waals surface area contributed by atoms with Crippen molar-refractivity contribution < 1.29 is 9.15 Å². The summed E-state index contributed by atoms with van der Waals surface area (Å²) in [5.74, 6) is 1.12. The lowest BCUT2D eigenvalue weighted by Gasteiger charge is -2.17. The van der Waals surface area contributed by atoms with E-state index in [0.29, 0.717) is 31.0 Å². The van der Waals surface area contributed by atoms with Gasteiger partial charge in [0.25, 0.3) is 0 Å². The van der Waals surface area contributed by atoms with Gasteiger partial charge in [-0.05, 0) is 20.8 Å². The number of aromatic nitrogens is 2. The molecular weight excluding hydrogens is 206 g/mol. The Bertz CT molecular complexity index is 315. The number of rotatable bonds is 5. The third kappa shape index (κ3) is 5.23. The summed E-state index contributed by atoms with van der Waals surface area (Å²) in [6.07, 6.45) is 0. The number of hydrogen-bond donors (Lipinski definition) is 1. The highest BCUT2D eigenvalue weighted by atomic mass is 16.5. The van der Waals surface area contributed by atoms with E-state index in [2.05, 4.69) is 29.4 Å². The average molecular weight is 227 g/mol. The van der Waals surface area contributed by atoms with Crippen molar-refractivity contribution in [2.24, 2.45) is 0 Å². The van der Waals surface area contributed by atoms with Gasteiger partial charge in [-0.25, -0.2) is 0 Å². The minimum atomic E-state index is -0.190. The minimum Gasteiger partial charge on any atom is -0.421 e. The molecule has 0 fully saturated rings. The molecule has 1 rings (SSSR count). The quantitative estimate of drug-likeness (QED) is 0.832. The van der Waals surface area contributed by atoms with Gasteiger partial charge in [0.2, 0.25) is 11.8 Å². The zero-order valence-electron chi connectivity index (χ0n) is 10.7. The first-order valence-corrected chi connectivity index (χ1v) is 5.55. The Morgan fingerprint density at radius 3 is 2.44 bits per heavy atom. The lowest BCUT2D eigenvalue weighted by molar-refractivity contribution is -0.0247. The third-order valence-electron chi connectivity index (χ3n) is 1.80. The van der Waals surface area contributed by atoms with Gasteiger partial charge in [0, 0.05) is 6.04 Å². The van der Waals surface area contributed by atoms with Crippen LogP contribution in [-0.2, 0) is 17.9 Å². The minimum absolute atomic E-state index is 0.190. The zero-order valence-corrected chi connectivity index (χ0v) is 10.7. The molecule has 16 heavy (non-hydrogen) atoms. The molecule has 0 saturated heterocycles. The lowest BCUT2D eigenvalue weighted by atomic mass is 10.2. The normalized spacial score (nSPS) is 12.4. The smallest absolute Gasteiger partial charge is 0.242 e. The third-order valence-corrected chi connectivity index (χ3v) is 1.80. The van der Waals surface area contributed by atoms with Crippen molar-refractivity contribution in [2.75, 3.05) is 0 Å². The fourth-order valence-electron chi connectivity index (χ4n) is 0.988. The molecule has 1 aromatic heterocycles. The Balaban J connectivity index is 2.39. The van der Waals surface area contributed by atoms with E-state index in [1.54, 1.807) is 0 Å². The molecule has 5 nitrogen and oxygen atoms in total. The summed E-state index contributed by atoms with van der Waals surface area (Å²) in [7, 11) is 0. The molecule has 1 aromatic rings. The molecule has 92 valence electrons. The standard InChI is InChI=1S/C11H21N3O2/c1-8(2)12-6-9-13-14-10(16-9)7-15-11(3,4)5/h8,12H,6-7H2,1-5H3. The van der Waals surface area contributed by atoms with Gasteiger partial charge in [-0.1, -0.05) is 13.8 Å². The molecular formula is C11H21N3O2. The van der Waals surface area contributed by atoms with E-state index < -0.39 is 0 Å². The van der Waals surface area contributed by atoms with Crippen LogP contribution in [-0.4, -0.2) is 21.8 Å². The highest BCUT2D eigenvalue weighted by Gasteiger charge is 2.13. The van der Waals surface area contributed by atoms with Crippen LogP contribution in [0.25, 0.3) is 0 Å². The maximum absolute atomic E-state index is 5.54. The fraction of sp³-hybridized carbons (Fsp3) is 0.818. The van der Waals surface area contributed by atoms with Crippen LogP contribution in [0.5, 0.6) is 0 Å². The SMILES string of the molecule is CC(C)NCc1nnc(COC(C)(C)C)o1. The molecule has 0 unspecified atom stereocenters. The second kappa shape index (κ2) is 5.41. The molecule has 0 aliphatic rings. The van der Waals surface area contributed by atoms with Crippen LogP contribution in [0.15, 0.2) is 4.42 Å². The van der Waals surface area contributed by atoms with E-state index in [1.165, 1.54) is 0 Å². The first-order valence-electron chi connectivity index (χ1n) is 5.55. The van der Waals surface area contributed by atoms with Crippen molar-refractivity contribution in [3.05, 3.63) is 11.8 Å². The second-order valence-corrected chi connectivity index (χ2v) is 5.03. The number of nitrogens with zero attached hydrogens (tertiary/aromatic N) is 2. The molecule has 0 aliphatic carbocycles. The van der Waals surface area contributed by atoms with Crippen molar-refractivity contribution in [3.8, 4) is 0 Å². The lowest BCUT2D eigenvalue weighted by Crippen LogP contribution is -2.21. The van der Waals surface area contributed by atoms with Crippen LogP contribution >= 0.6 is 0 Å².